The molecule has 1 aliphatic rings. The summed E-state index contributed by atoms with van der Waals surface area (Å²) < 4.78 is 52.2. The summed E-state index contributed by atoms with van der Waals surface area (Å²) in [7, 11) is -3.82. The molecular weight excluding hydrogens is 453 g/mol. The van der Waals surface area contributed by atoms with E-state index in [4.69, 9.17) is 9.15 Å². The molecule has 2 heterocycles. The van der Waals surface area contributed by atoms with Crippen LogP contribution < -0.4 is 10.7 Å². The summed E-state index contributed by atoms with van der Waals surface area (Å²) in [6.45, 7) is 3.22. The summed E-state index contributed by atoms with van der Waals surface area (Å²) in [5.74, 6) is -1.66. The van der Waals surface area contributed by atoms with Gasteiger partial charge in [0, 0.05) is 37.9 Å². The first-order valence-electron chi connectivity index (χ1n) is 10.6. The van der Waals surface area contributed by atoms with E-state index in [1.54, 1.807) is 12.1 Å². The molecule has 1 saturated heterocycles. The van der Waals surface area contributed by atoms with Crippen LogP contribution in [0.4, 0.5) is 10.1 Å². The maximum absolute atomic E-state index is 13.2. The van der Waals surface area contributed by atoms with E-state index in [1.165, 1.54) is 34.6 Å². The Bertz CT molecular complexity index is 1310. The molecule has 2 aromatic carbocycles. The molecule has 1 aromatic heterocycles. The van der Waals surface area contributed by atoms with Crippen LogP contribution in [0, 0.1) is 5.82 Å². The molecule has 0 spiro atoms. The number of rotatable bonds is 7. The number of anilines is 1. The number of hydrogen-bond donors (Lipinski definition) is 0. The van der Waals surface area contributed by atoms with Crippen molar-refractivity contribution in [2.75, 3.05) is 37.7 Å². The number of sulfonamides is 1. The molecule has 176 valence electrons. The van der Waals surface area contributed by atoms with Gasteiger partial charge in [0.05, 0.1) is 17.0 Å². The lowest BCUT2D eigenvalue weighted by Gasteiger charge is -2.35. The number of ether oxygens (including phenoxy) is 1. The van der Waals surface area contributed by atoms with Crippen LogP contribution >= 0.6 is 0 Å². The number of fused-ring (bicyclic) bond motifs is 1. The number of carbonyl (C=O) groups is 1. The van der Waals surface area contributed by atoms with E-state index in [2.05, 4.69) is 0 Å². The van der Waals surface area contributed by atoms with E-state index < -0.39 is 21.7 Å². The lowest BCUT2D eigenvalue weighted by Crippen LogP contribution is -2.48. The molecule has 3 aromatic rings. The molecule has 0 N–H and O–H groups in total. The Morgan fingerprint density at radius 1 is 1.09 bits per heavy atom. The predicted molar refractivity (Wildman–Crippen MR) is 119 cm³/mol. The van der Waals surface area contributed by atoms with Crippen LogP contribution in [0.15, 0.2) is 56.6 Å². The summed E-state index contributed by atoms with van der Waals surface area (Å²) in [5, 5.41) is 0. The van der Waals surface area contributed by atoms with Crippen molar-refractivity contribution in [2.45, 2.75) is 24.8 Å². The summed E-state index contributed by atoms with van der Waals surface area (Å²) in [5.41, 5.74) is 1.22. The lowest BCUT2D eigenvalue weighted by atomic mass is 10.2. The average Bonchev–Trinajstić information content (AvgIpc) is 3.12. The van der Waals surface area contributed by atoms with Crippen molar-refractivity contribution < 1.29 is 26.8 Å². The number of hydrogen-bond acceptors (Lipinski definition) is 7. The van der Waals surface area contributed by atoms with Crippen LogP contribution in [0.25, 0.3) is 11.1 Å². The third-order valence-corrected chi connectivity index (χ3v) is 7.36. The lowest BCUT2D eigenvalue weighted by molar-refractivity contribution is -0.144. The molecule has 0 radical (unpaired) electrons. The highest BCUT2D eigenvalue weighted by Crippen LogP contribution is 2.24. The monoisotopic (exact) mass is 477 g/mol. The minimum absolute atomic E-state index is 0.000285. The number of aromatic nitrogens is 1. The molecule has 0 amide bonds. The predicted octanol–water partition coefficient (Wildman–Crippen LogP) is 2.20. The van der Waals surface area contributed by atoms with Gasteiger partial charge in [0.25, 0.3) is 0 Å². The van der Waals surface area contributed by atoms with Crippen LogP contribution in [0.1, 0.15) is 13.3 Å². The van der Waals surface area contributed by atoms with Gasteiger partial charge in [-0.15, -0.1) is 0 Å². The molecule has 0 aliphatic carbocycles. The molecule has 0 bridgehead atoms. The van der Waals surface area contributed by atoms with Crippen molar-refractivity contribution in [1.82, 2.24) is 8.87 Å². The number of carbonyl (C=O) groups excluding carboxylic acids is 1. The van der Waals surface area contributed by atoms with Crippen molar-refractivity contribution in [3.05, 3.63) is 58.8 Å². The Morgan fingerprint density at radius 2 is 1.79 bits per heavy atom. The van der Waals surface area contributed by atoms with Crippen LogP contribution in [-0.4, -0.2) is 56.0 Å². The first-order valence-corrected chi connectivity index (χ1v) is 12.0. The number of oxazole rings is 1. The second-order valence-corrected chi connectivity index (χ2v) is 9.61. The van der Waals surface area contributed by atoms with E-state index in [1.807, 2.05) is 11.8 Å². The molecule has 0 saturated carbocycles. The fraction of sp³-hybridized carbons (Fsp3) is 0.364. The Kier molecular flexibility index (Phi) is 6.52. The number of esters is 1. The van der Waals surface area contributed by atoms with E-state index >= 15 is 0 Å². The van der Waals surface area contributed by atoms with Crippen molar-refractivity contribution in [1.29, 1.82) is 0 Å². The second kappa shape index (κ2) is 9.36. The standard InChI is InChI=1S/C22H24FN3O6S/c1-2-13-31-21(27)15-26-19-8-7-18(14-20(19)32-22(26)28)33(29,30)25-11-9-24(10-12-25)17-5-3-16(23)4-6-17/h3-8,14H,2,9-13,15H2,1H3. The maximum Gasteiger partial charge on any atom is 0.420 e. The van der Waals surface area contributed by atoms with Gasteiger partial charge in [-0.2, -0.15) is 4.31 Å². The van der Waals surface area contributed by atoms with Gasteiger partial charge < -0.3 is 14.1 Å². The molecule has 0 unspecified atom stereocenters. The second-order valence-electron chi connectivity index (χ2n) is 7.67. The molecule has 33 heavy (non-hydrogen) atoms. The van der Waals surface area contributed by atoms with Crippen molar-refractivity contribution in [3.8, 4) is 0 Å². The van der Waals surface area contributed by atoms with Crippen molar-refractivity contribution in [2.24, 2.45) is 0 Å². The quantitative estimate of drug-likeness (QED) is 0.481. The Labute approximate surface area is 190 Å². The van der Waals surface area contributed by atoms with E-state index in [0.29, 0.717) is 25.0 Å². The van der Waals surface area contributed by atoms with E-state index in [-0.39, 0.29) is 42.5 Å². The molecule has 1 aliphatic heterocycles. The van der Waals surface area contributed by atoms with Gasteiger partial charge in [-0.25, -0.2) is 17.6 Å². The van der Waals surface area contributed by atoms with Gasteiger partial charge in [0.2, 0.25) is 10.0 Å². The zero-order valence-corrected chi connectivity index (χ0v) is 18.9. The fourth-order valence-corrected chi connectivity index (χ4v) is 5.17. The topological polar surface area (TPSA) is 102 Å². The minimum Gasteiger partial charge on any atom is -0.464 e. The number of piperazine rings is 1. The van der Waals surface area contributed by atoms with Gasteiger partial charge in [0.15, 0.2) is 5.58 Å². The molecule has 1 fully saturated rings. The number of nitrogens with zero attached hydrogens (tertiary/aromatic N) is 3. The third-order valence-electron chi connectivity index (χ3n) is 5.46. The van der Waals surface area contributed by atoms with Gasteiger partial charge in [-0.1, -0.05) is 6.92 Å². The highest BCUT2D eigenvalue weighted by atomic mass is 32.2. The average molecular weight is 478 g/mol. The summed E-state index contributed by atoms with van der Waals surface area (Å²) >= 11 is 0. The first kappa shape index (κ1) is 23.0. The van der Waals surface area contributed by atoms with Gasteiger partial charge >= 0.3 is 11.7 Å². The highest BCUT2D eigenvalue weighted by molar-refractivity contribution is 7.89. The van der Waals surface area contributed by atoms with Crippen molar-refractivity contribution in [3.63, 3.8) is 0 Å². The van der Waals surface area contributed by atoms with Gasteiger partial charge in [-0.3, -0.25) is 9.36 Å². The molecule has 0 atom stereocenters. The summed E-state index contributed by atoms with van der Waals surface area (Å²) in [6.07, 6.45) is 0.659. The first-order chi connectivity index (χ1) is 15.8. The third kappa shape index (κ3) is 4.79. The Hall–Kier alpha value is -3.18. The van der Waals surface area contributed by atoms with Crippen LogP contribution in [0.5, 0.6) is 0 Å². The van der Waals surface area contributed by atoms with Crippen molar-refractivity contribution >= 4 is 32.8 Å². The zero-order valence-electron chi connectivity index (χ0n) is 18.1. The largest absolute Gasteiger partial charge is 0.464 e. The van der Waals surface area contributed by atoms with Crippen LogP contribution in [0.3, 0.4) is 0 Å². The number of benzene rings is 2. The maximum atomic E-state index is 13.2. The molecule has 4 rings (SSSR count). The van der Waals surface area contributed by atoms with E-state index in [9.17, 15) is 22.4 Å². The Balaban J connectivity index is 1.50. The summed E-state index contributed by atoms with van der Waals surface area (Å²) in [6, 6.07) is 10.2. The highest BCUT2D eigenvalue weighted by Gasteiger charge is 2.29. The Morgan fingerprint density at radius 3 is 2.45 bits per heavy atom. The van der Waals surface area contributed by atoms with E-state index in [0.717, 1.165) is 10.3 Å². The van der Waals surface area contributed by atoms with Gasteiger partial charge in [-0.05, 0) is 42.8 Å². The minimum atomic E-state index is -3.82. The fourth-order valence-electron chi connectivity index (χ4n) is 3.74. The van der Waals surface area contributed by atoms with Gasteiger partial charge in [0.1, 0.15) is 12.4 Å². The molecule has 9 nitrogen and oxygen atoms in total. The molecule has 11 heteroatoms. The number of halogens is 1. The smallest absolute Gasteiger partial charge is 0.420 e. The molecular formula is C22H24FN3O6S. The SMILES string of the molecule is CCCOC(=O)Cn1c(=O)oc2cc(S(=O)(=O)N3CCN(c4ccc(F)cc4)CC3)ccc21. The van der Waals surface area contributed by atoms with Crippen LogP contribution in [0.2, 0.25) is 0 Å². The normalized spacial score (nSPS) is 15.2. The van der Waals surface area contributed by atoms with Crippen LogP contribution in [-0.2, 0) is 26.1 Å². The summed E-state index contributed by atoms with van der Waals surface area (Å²) in [4.78, 5) is 26.1. The zero-order chi connectivity index (χ0) is 23.6.